The van der Waals surface area contributed by atoms with Crippen LogP contribution in [-0.2, 0) is 0 Å². The molecule has 2 aromatic rings. The number of benzene rings is 1. The van der Waals surface area contributed by atoms with Crippen molar-refractivity contribution in [3.63, 3.8) is 0 Å². The van der Waals surface area contributed by atoms with Crippen LogP contribution in [0.15, 0.2) is 41.8 Å². The van der Waals surface area contributed by atoms with E-state index in [-0.39, 0.29) is 0 Å². The van der Waals surface area contributed by atoms with Crippen molar-refractivity contribution in [1.82, 2.24) is 4.98 Å². The summed E-state index contributed by atoms with van der Waals surface area (Å²) in [7, 11) is 0. The fraction of sp³-hybridized carbons (Fsp3) is 0. The highest BCUT2D eigenvalue weighted by Crippen LogP contribution is 2.27. The molecule has 0 radical (unpaired) electrons. The van der Waals surface area contributed by atoms with E-state index in [2.05, 4.69) is 21.6 Å². The van der Waals surface area contributed by atoms with Crippen LogP contribution < -0.4 is 5.43 Å². The first-order chi connectivity index (χ1) is 7.45. The highest BCUT2D eigenvalue weighted by Gasteiger charge is 2.05. The Bertz CT molecular complexity index is 570. The minimum Gasteiger partial charge on any atom is -0.278 e. The fourth-order valence-electron chi connectivity index (χ4n) is 1.75. The first kappa shape index (κ1) is 8.17. The number of nitrogens with one attached hydrogen (secondary N) is 1. The van der Waals surface area contributed by atoms with E-state index in [1.807, 2.05) is 30.5 Å². The van der Waals surface area contributed by atoms with Crippen molar-refractivity contribution in [3.05, 3.63) is 42.2 Å². The summed E-state index contributed by atoms with van der Waals surface area (Å²) < 4.78 is 0. The number of hydrogen-bond donors (Lipinski definition) is 1. The molecule has 1 aliphatic rings. The highest BCUT2D eigenvalue weighted by atomic mass is 15.3. The summed E-state index contributed by atoms with van der Waals surface area (Å²) in [6.45, 7) is 0. The summed E-state index contributed by atoms with van der Waals surface area (Å²) in [5.41, 5.74) is 5.15. The van der Waals surface area contributed by atoms with Crippen LogP contribution >= 0.6 is 0 Å². The maximum atomic E-state index is 4.15. The summed E-state index contributed by atoms with van der Waals surface area (Å²) in [5.74, 6) is 0. The number of nitrogens with zero attached hydrogens (tertiary/aromatic N) is 2. The van der Waals surface area contributed by atoms with Crippen LogP contribution in [0, 0.1) is 0 Å². The van der Waals surface area contributed by atoms with E-state index in [1.54, 1.807) is 12.4 Å². The van der Waals surface area contributed by atoms with Gasteiger partial charge in [0.2, 0.25) is 0 Å². The topological polar surface area (TPSA) is 37.3 Å². The molecule has 0 atom stereocenters. The van der Waals surface area contributed by atoms with Crippen molar-refractivity contribution < 1.29 is 0 Å². The van der Waals surface area contributed by atoms with Crippen LogP contribution in [-0.4, -0.2) is 11.2 Å². The average Bonchev–Trinajstić information content (AvgIpc) is 2.54. The molecular weight excluding hydrogens is 186 g/mol. The lowest BCUT2D eigenvalue weighted by Crippen LogP contribution is -1.90. The molecular formula is C12H9N3. The third kappa shape index (κ3) is 1.29. The van der Waals surface area contributed by atoms with Crippen molar-refractivity contribution >= 4 is 28.8 Å². The van der Waals surface area contributed by atoms with Gasteiger partial charge in [0.1, 0.15) is 0 Å². The predicted octanol–water partition coefficient (Wildman–Crippen LogP) is 2.66. The smallest absolute Gasteiger partial charge is 0.0641 e. The van der Waals surface area contributed by atoms with Gasteiger partial charge in [-0.2, -0.15) is 5.10 Å². The first-order valence-electron chi connectivity index (χ1n) is 4.77. The lowest BCUT2D eigenvalue weighted by Gasteiger charge is -2.07. The van der Waals surface area contributed by atoms with Crippen molar-refractivity contribution in [2.45, 2.75) is 0 Å². The van der Waals surface area contributed by atoms with E-state index in [1.165, 1.54) is 5.39 Å². The summed E-state index contributed by atoms with van der Waals surface area (Å²) >= 11 is 0. The number of allylic oxidation sites excluding steroid dienone is 1. The largest absolute Gasteiger partial charge is 0.278 e. The van der Waals surface area contributed by atoms with E-state index in [4.69, 9.17) is 0 Å². The van der Waals surface area contributed by atoms with Crippen LogP contribution in [0.1, 0.15) is 5.56 Å². The zero-order valence-corrected chi connectivity index (χ0v) is 8.01. The molecule has 0 bridgehead atoms. The van der Waals surface area contributed by atoms with Gasteiger partial charge in [-0.05, 0) is 23.6 Å². The minimum absolute atomic E-state index is 1.01. The van der Waals surface area contributed by atoms with E-state index in [9.17, 15) is 0 Å². The number of hydrazone groups is 1. The van der Waals surface area contributed by atoms with Gasteiger partial charge in [-0.3, -0.25) is 10.4 Å². The fourth-order valence-corrected chi connectivity index (χ4v) is 1.75. The summed E-state index contributed by atoms with van der Waals surface area (Å²) in [6.07, 6.45) is 9.39. The van der Waals surface area contributed by atoms with Crippen LogP contribution in [0.4, 0.5) is 5.69 Å². The van der Waals surface area contributed by atoms with Gasteiger partial charge in [-0.25, -0.2) is 0 Å². The third-order valence-corrected chi connectivity index (χ3v) is 2.47. The maximum absolute atomic E-state index is 4.15. The summed E-state index contributed by atoms with van der Waals surface area (Å²) in [5, 5.41) is 6.37. The Morgan fingerprint density at radius 3 is 3.13 bits per heavy atom. The number of pyridine rings is 1. The molecule has 2 heterocycles. The Balaban J connectivity index is 2.38. The van der Waals surface area contributed by atoms with Gasteiger partial charge in [-0.15, -0.1) is 0 Å². The maximum Gasteiger partial charge on any atom is 0.0641 e. The quantitative estimate of drug-likeness (QED) is 0.701. The molecule has 0 saturated heterocycles. The number of hydrogen-bond acceptors (Lipinski definition) is 3. The molecule has 0 unspecified atom stereocenters. The second kappa shape index (κ2) is 3.20. The van der Waals surface area contributed by atoms with Gasteiger partial charge < -0.3 is 0 Å². The van der Waals surface area contributed by atoms with Gasteiger partial charge in [-0.1, -0.05) is 12.1 Å². The lowest BCUT2D eigenvalue weighted by atomic mass is 10.0. The normalized spacial score (nSPS) is 13.3. The predicted molar refractivity (Wildman–Crippen MR) is 62.9 cm³/mol. The molecule has 0 spiro atoms. The van der Waals surface area contributed by atoms with Gasteiger partial charge in [0.25, 0.3) is 0 Å². The highest BCUT2D eigenvalue weighted by molar-refractivity contribution is 5.98. The Kier molecular flexibility index (Phi) is 1.75. The van der Waals surface area contributed by atoms with Crippen LogP contribution in [0.2, 0.25) is 0 Å². The lowest BCUT2D eigenvalue weighted by molar-refractivity contribution is 1.34. The minimum atomic E-state index is 1.01. The molecule has 0 saturated carbocycles. The molecule has 3 nitrogen and oxygen atoms in total. The molecule has 15 heavy (non-hydrogen) atoms. The third-order valence-electron chi connectivity index (χ3n) is 2.47. The molecule has 1 N–H and O–H groups in total. The van der Waals surface area contributed by atoms with Crippen molar-refractivity contribution in [3.8, 4) is 0 Å². The van der Waals surface area contributed by atoms with Crippen molar-refractivity contribution in [1.29, 1.82) is 0 Å². The molecule has 3 heteroatoms. The first-order valence-corrected chi connectivity index (χ1v) is 4.77. The molecule has 0 aliphatic carbocycles. The standard InChI is InChI=1S/C12H9N3/c1-2-10-11-8-13-7-5-9(11)3-4-12(10)15-14-6-1/h1-8,15H. The summed E-state index contributed by atoms with van der Waals surface area (Å²) in [6, 6.07) is 6.11. The van der Waals surface area contributed by atoms with Gasteiger partial charge in [0, 0.05) is 29.6 Å². The molecule has 0 amide bonds. The Morgan fingerprint density at radius 1 is 1.13 bits per heavy atom. The molecule has 1 aromatic carbocycles. The molecule has 1 aliphatic heterocycles. The zero-order valence-electron chi connectivity index (χ0n) is 8.01. The second-order valence-electron chi connectivity index (χ2n) is 3.37. The van der Waals surface area contributed by atoms with E-state index in [0.29, 0.717) is 0 Å². The van der Waals surface area contributed by atoms with Gasteiger partial charge >= 0.3 is 0 Å². The SMILES string of the molecule is C1=Cc2c(ccc3ccncc23)NN=C1. The molecule has 3 rings (SSSR count). The number of aromatic nitrogens is 1. The molecule has 1 aromatic heterocycles. The Hall–Kier alpha value is -2.16. The zero-order chi connectivity index (χ0) is 10.1. The van der Waals surface area contributed by atoms with Crippen molar-refractivity contribution in [2.75, 3.05) is 5.43 Å². The van der Waals surface area contributed by atoms with E-state index < -0.39 is 0 Å². The monoisotopic (exact) mass is 195 g/mol. The number of fused-ring (bicyclic) bond motifs is 3. The molecule has 72 valence electrons. The Morgan fingerprint density at radius 2 is 2.13 bits per heavy atom. The Labute approximate surface area is 87.1 Å². The average molecular weight is 195 g/mol. The summed E-state index contributed by atoms with van der Waals surface area (Å²) in [4.78, 5) is 4.15. The molecule has 0 fully saturated rings. The second-order valence-corrected chi connectivity index (χ2v) is 3.37. The van der Waals surface area contributed by atoms with Crippen LogP contribution in [0.25, 0.3) is 16.8 Å². The van der Waals surface area contributed by atoms with Gasteiger partial charge in [0.15, 0.2) is 0 Å². The number of anilines is 1. The van der Waals surface area contributed by atoms with Crippen LogP contribution in [0.3, 0.4) is 0 Å². The van der Waals surface area contributed by atoms with E-state index >= 15 is 0 Å². The van der Waals surface area contributed by atoms with Crippen LogP contribution in [0.5, 0.6) is 0 Å². The van der Waals surface area contributed by atoms with Crippen molar-refractivity contribution in [2.24, 2.45) is 5.10 Å². The van der Waals surface area contributed by atoms with E-state index in [0.717, 1.165) is 16.6 Å². The van der Waals surface area contributed by atoms with Gasteiger partial charge in [0.05, 0.1) is 5.69 Å². The number of rotatable bonds is 0.